The van der Waals surface area contributed by atoms with Gasteiger partial charge in [0.25, 0.3) is 10.0 Å². The molecule has 0 unspecified atom stereocenters. The number of benzene rings is 3. The van der Waals surface area contributed by atoms with Gasteiger partial charge in [0.1, 0.15) is 5.82 Å². The van der Waals surface area contributed by atoms with Crippen LogP contribution >= 0.6 is 0 Å². The maximum atomic E-state index is 13.3. The van der Waals surface area contributed by atoms with E-state index in [1.807, 2.05) is 60.7 Å². The lowest BCUT2D eigenvalue weighted by Gasteiger charge is -2.13. The van der Waals surface area contributed by atoms with Crippen LogP contribution in [0.4, 0.5) is 5.69 Å². The molecule has 6 nitrogen and oxygen atoms in total. The van der Waals surface area contributed by atoms with Crippen LogP contribution in [0.2, 0.25) is 0 Å². The second kappa shape index (κ2) is 8.59. The first-order chi connectivity index (χ1) is 15.6. The van der Waals surface area contributed by atoms with E-state index in [-0.39, 0.29) is 4.90 Å². The Labute approximate surface area is 188 Å². The Morgan fingerprint density at radius 1 is 0.781 bits per heavy atom. The minimum absolute atomic E-state index is 0.243. The number of aromatic nitrogens is 3. The van der Waals surface area contributed by atoms with Gasteiger partial charge in [-0.25, -0.2) is 8.42 Å². The lowest BCUT2D eigenvalue weighted by molar-refractivity contribution is 0.601. The normalized spacial score (nSPS) is 13.9. The van der Waals surface area contributed by atoms with Gasteiger partial charge in [-0.1, -0.05) is 67.1 Å². The lowest BCUT2D eigenvalue weighted by atomic mass is 10.1. The Hall–Kier alpha value is -3.45. The fourth-order valence-corrected chi connectivity index (χ4v) is 5.47. The molecule has 2 heterocycles. The first-order valence-electron chi connectivity index (χ1n) is 10.8. The molecule has 0 saturated carbocycles. The van der Waals surface area contributed by atoms with Crippen LogP contribution in [0.5, 0.6) is 0 Å². The molecule has 0 atom stereocenters. The molecule has 1 aliphatic rings. The standard InChI is InChI=1S/C25H24N4O2S/c30-32(31,23-15-7-6-14-22(23)19-10-3-1-4-11-19)28-21-13-9-12-20(18-21)25-27-26-24-16-5-2-8-17-29(24)25/h1,3-4,6-7,9-15,18,28H,2,5,8,16-17H2. The van der Waals surface area contributed by atoms with Gasteiger partial charge >= 0.3 is 0 Å². The second-order valence-electron chi connectivity index (χ2n) is 7.95. The van der Waals surface area contributed by atoms with Crippen molar-refractivity contribution < 1.29 is 8.42 Å². The zero-order valence-electron chi connectivity index (χ0n) is 17.6. The minimum atomic E-state index is -3.79. The van der Waals surface area contributed by atoms with Crippen molar-refractivity contribution in [2.75, 3.05) is 4.72 Å². The fraction of sp³-hybridized carbons (Fsp3) is 0.200. The summed E-state index contributed by atoms with van der Waals surface area (Å²) in [6.07, 6.45) is 4.33. The first-order valence-corrected chi connectivity index (χ1v) is 12.3. The fourth-order valence-electron chi connectivity index (χ4n) is 4.19. The van der Waals surface area contributed by atoms with Crippen molar-refractivity contribution in [1.82, 2.24) is 14.8 Å². The van der Waals surface area contributed by atoms with Crippen LogP contribution < -0.4 is 4.72 Å². The Bertz CT molecular complexity index is 1350. The summed E-state index contributed by atoms with van der Waals surface area (Å²) in [5.74, 6) is 1.79. The van der Waals surface area contributed by atoms with Crippen LogP contribution in [0.15, 0.2) is 83.8 Å². The molecule has 0 radical (unpaired) electrons. The predicted molar refractivity (Wildman–Crippen MR) is 126 cm³/mol. The van der Waals surface area contributed by atoms with Crippen LogP contribution in [-0.2, 0) is 23.0 Å². The van der Waals surface area contributed by atoms with E-state index in [4.69, 9.17) is 0 Å². The van der Waals surface area contributed by atoms with Gasteiger partial charge in [-0.15, -0.1) is 10.2 Å². The summed E-state index contributed by atoms with van der Waals surface area (Å²) in [5, 5.41) is 8.76. The van der Waals surface area contributed by atoms with Crippen molar-refractivity contribution in [1.29, 1.82) is 0 Å². The maximum absolute atomic E-state index is 13.3. The van der Waals surface area contributed by atoms with Crippen LogP contribution in [0.25, 0.3) is 22.5 Å². The van der Waals surface area contributed by atoms with Gasteiger partial charge < -0.3 is 4.57 Å². The summed E-state index contributed by atoms with van der Waals surface area (Å²) in [4.78, 5) is 0.243. The van der Waals surface area contributed by atoms with Crippen LogP contribution in [-0.4, -0.2) is 23.2 Å². The number of sulfonamides is 1. The van der Waals surface area contributed by atoms with Crippen molar-refractivity contribution in [2.24, 2.45) is 0 Å². The van der Waals surface area contributed by atoms with E-state index in [0.29, 0.717) is 11.3 Å². The molecule has 0 spiro atoms. The van der Waals surface area contributed by atoms with E-state index in [1.165, 1.54) is 6.42 Å². The molecule has 7 heteroatoms. The average molecular weight is 445 g/mol. The summed E-state index contributed by atoms with van der Waals surface area (Å²) in [6.45, 7) is 0.887. The third-order valence-corrected chi connectivity index (χ3v) is 7.18. The molecule has 3 aromatic carbocycles. The van der Waals surface area contributed by atoms with Gasteiger partial charge in [-0.2, -0.15) is 0 Å². The molecular weight excluding hydrogens is 420 g/mol. The van der Waals surface area contributed by atoms with Gasteiger partial charge in [0.15, 0.2) is 5.82 Å². The number of nitrogens with zero attached hydrogens (tertiary/aromatic N) is 3. The number of hydrogen-bond donors (Lipinski definition) is 1. The Balaban J connectivity index is 1.48. The van der Waals surface area contributed by atoms with Crippen molar-refractivity contribution in [3.8, 4) is 22.5 Å². The van der Waals surface area contributed by atoms with Gasteiger partial charge in [0, 0.05) is 29.8 Å². The molecule has 0 fully saturated rings. The average Bonchev–Trinajstić information content (AvgIpc) is 3.08. The monoisotopic (exact) mass is 444 g/mol. The summed E-state index contributed by atoms with van der Waals surface area (Å²) in [7, 11) is -3.79. The number of aryl methyl sites for hydroxylation is 1. The lowest BCUT2D eigenvalue weighted by Crippen LogP contribution is -2.14. The van der Waals surface area contributed by atoms with Gasteiger partial charge in [0.2, 0.25) is 0 Å². The predicted octanol–water partition coefficient (Wildman–Crippen LogP) is 5.14. The molecule has 0 aliphatic carbocycles. The summed E-state index contributed by atoms with van der Waals surface area (Å²) < 4.78 is 31.6. The highest BCUT2D eigenvalue weighted by atomic mass is 32.2. The van der Waals surface area contributed by atoms with Gasteiger partial charge in [-0.3, -0.25) is 4.72 Å². The van der Waals surface area contributed by atoms with E-state index >= 15 is 0 Å². The molecule has 0 bridgehead atoms. The molecule has 162 valence electrons. The minimum Gasteiger partial charge on any atom is -0.311 e. The smallest absolute Gasteiger partial charge is 0.262 e. The molecule has 5 rings (SSSR count). The summed E-state index contributed by atoms with van der Waals surface area (Å²) in [5.41, 5.74) is 2.87. The second-order valence-corrected chi connectivity index (χ2v) is 9.60. The molecule has 32 heavy (non-hydrogen) atoms. The maximum Gasteiger partial charge on any atom is 0.262 e. The van der Waals surface area contributed by atoms with Crippen molar-refractivity contribution in [2.45, 2.75) is 37.1 Å². The van der Waals surface area contributed by atoms with Gasteiger partial charge in [-0.05, 0) is 36.6 Å². The number of rotatable bonds is 5. The Morgan fingerprint density at radius 3 is 2.44 bits per heavy atom. The van der Waals surface area contributed by atoms with Crippen molar-refractivity contribution in [3.63, 3.8) is 0 Å². The molecule has 1 aliphatic heterocycles. The zero-order chi connectivity index (χ0) is 22.0. The number of hydrogen-bond acceptors (Lipinski definition) is 4. The molecule has 0 saturated heterocycles. The van der Waals surface area contributed by atoms with E-state index in [0.717, 1.165) is 48.6 Å². The highest BCUT2D eigenvalue weighted by Gasteiger charge is 2.20. The van der Waals surface area contributed by atoms with Crippen LogP contribution in [0.1, 0.15) is 25.1 Å². The number of anilines is 1. The topological polar surface area (TPSA) is 76.9 Å². The van der Waals surface area contributed by atoms with Gasteiger partial charge in [0.05, 0.1) is 4.90 Å². The van der Waals surface area contributed by atoms with E-state index < -0.39 is 10.0 Å². The highest BCUT2D eigenvalue weighted by Crippen LogP contribution is 2.30. The van der Waals surface area contributed by atoms with Crippen LogP contribution in [0, 0.1) is 0 Å². The molecule has 0 amide bonds. The van der Waals surface area contributed by atoms with E-state index in [2.05, 4.69) is 19.5 Å². The molecule has 1 aromatic heterocycles. The molecule has 1 N–H and O–H groups in total. The van der Waals surface area contributed by atoms with Crippen LogP contribution in [0.3, 0.4) is 0 Å². The third kappa shape index (κ3) is 4.03. The Kier molecular flexibility index (Phi) is 5.49. The molecule has 4 aromatic rings. The van der Waals surface area contributed by atoms with E-state index in [9.17, 15) is 8.42 Å². The van der Waals surface area contributed by atoms with Crippen molar-refractivity contribution >= 4 is 15.7 Å². The molecular formula is C25H24N4O2S. The van der Waals surface area contributed by atoms with Crippen molar-refractivity contribution in [3.05, 3.63) is 84.7 Å². The third-order valence-electron chi connectivity index (χ3n) is 5.74. The number of nitrogens with one attached hydrogen (secondary N) is 1. The Morgan fingerprint density at radius 2 is 1.56 bits per heavy atom. The zero-order valence-corrected chi connectivity index (χ0v) is 18.4. The summed E-state index contributed by atoms with van der Waals surface area (Å²) in [6, 6.07) is 23.9. The highest BCUT2D eigenvalue weighted by molar-refractivity contribution is 7.92. The summed E-state index contributed by atoms with van der Waals surface area (Å²) >= 11 is 0. The van der Waals surface area contributed by atoms with E-state index in [1.54, 1.807) is 18.2 Å². The SMILES string of the molecule is O=S(=O)(Nc1cccc(-c2nnc3n2CCCCC3)c1)c1ccccc1-c1ccccc1. The quantitative estimate of drug-likeness (QED) is 0.462. The number of fused-ring (bicyclic) bond motifs is 1. The largest absolute Gasteiger partial charge is 0.311 e. The first kappa shape index (κ1) is 20.5.